The van der Waals surface area contributed by atoms with E-state index in [-0.39, 0.29) is 6.23 Å². The maximum absolute atomic E-state index is 5.47. The van der Waals surface area contributed by atoms with E-state index in [4.69, 9.17) is 10.5 Å². The van der Waals surface area contributed by atoms with Gasteiger partial charge < -0.3 is 15.8 Å². The zero-order chi connectivity index (χ0) is 5.82. The lowest BCUT2D eigenvalue weighted by Gasteiger charge is -2.05. The normalized spacial score (nSPS) is 31.9. The van der Waals surface area contributed by atoms with Crippen LogP contribution in [-0.2, 0) is 4.74 Å². The summed E-state index contributed by atoms with van der Waals surface area (Å²) in [6.07, 6.45) is 0.894. The molecule has 1 atom stereocenters. The Balaban J connectivity index is 2.17. The van der Waals surface area contributed by atoms with Crippen LogP contribution >= 0.6 is 0 Å². The largest absolute Gasteiger partial charge is 0.362 e. The van der Waals surface area contributed by atoms with Gasteiger partial charge in [-0.15, -0.1) is 0 Å². The molecule has 48 valence electrons. The third-order valence-corrected chi connectivity index (χ3v) is 1.22. The maximum atomic E-state index is 5.47. The van der Waals surface area contributed by atoms with Crippen molar-refractivity contribution in [3.05, 3.63) is 0 Å². The molecule has 8 heavy (non-hydrogen) atoms. The van der Waals surface area contributed by atoms with Crippen molar-refractivity contribution in [2.24, 2.45) is 5.73 Å². The highest BCUT2D eigenvalue weighted by Gasteiger charge is 2.04. The van der Waals surface area contributed by atoms with E-state index in [1.807, 2.05) is 0 Å². The average Bonchev–Trinajstić information content (AvgIpc) is 1.94. The van der Waals surface area contributed by atoms with E-state index in [0.29, 0.717) is 0 Å². The van der Waals surface area contributed by atoms with Crippen LogP contribution in [0.3, 0.4) is 0 Å². The molecule has 1 rings (SSSR count). The second kappa shape index (κ2) is 3.02. The summed E-state index contributed by atoms with van der Waals surface area (Å²) in [5.41, 5.74) is 5.47. The fourth-order valence-electron chi connectivity index (χ4n) is 0.735. The molecule has 0 aliphatic carbocycles. The second-order valence-electron chi connectivity index (χ2n) is 1.95. The molecular weight excluding hydrogens is 104 g/mol. The van der Waals surface area contributed by atoms with Gasteiger partial charge in [-0.25, -0.2) is 0 Å². The molecule has 0 aromatic heterocycles. The van der Waals surface area contributed by atoms with Gasteiger partial charge in [-0.05, 0) is 13.0 Å². The number of nitrogens with two attached hydrogens (primary N) is 1. The Morgan fingerprint density at radius 3 is 3.25 bits per heavy atom. The lowest BCUT2D eigenvalue weighted by Crippen LogP contribution is -2.23. The highest BCUT2D eigenvalue weighted by Crippen LogP contribution is 1.91. The minimum atomic E-state index is -0.0370. The van der Waals surface area contributed by atoms with E-state index >= 15 is 0 Å². The quantitative estimate of drug-likeness (QED) is 0.439. The molecular formula is C5H12N2O. The monoisotopic (exact) mass is 116 g/mol. The maximum Gasteiger partial charge on any atom is 0.106 e. The van der Waals surface area contributed by atoms with Crippen molar-refractivity contribution >= 4 is 0 Å². The summed E-state index contributed by atoms with van der Waals surface area (Å²) in [6.45, 7) is 2.68. The van der Waals surface area contributed by atoms with Gasteiger partial charge in [0.05, 0.1) is 6.61 Å². The molecule has 0 spiro atoms. The van der Waals surface area contributed by atoms with E-state index in [9.17, 15) is 0 Å². The Labute approximate surface area is 49.2 Å². The van der Waals surface area contributed by atoms with Crippen LogP contribution in [0.1, 0.15) is 6.42 Å². The predicted molar refractivity (Wildman–Crippen MR) is 31.4 cm³/mol. The smallest absolute Gasteiger partial charge is 0.106 e. The van der Waals surface area contributed by atoms with Gasteiger partial charge in [0.2, 0.25) is 0 Å². The van der Waals surface area contributed by atoms with E-state index < -0.39 is 0 Å². The molecule has 0 aromatic carbocycles. The summed E-state index contributed by atoms with van der Waals surface area (Å²) in [5.74, 6) is 0. The van der Waals surface area contributed by atoms with Gasteiger partial charge in [0.25, 0.3) is 0 Å². The molecule has 1 unspecified atom stereocenters. The number of rotatable bonds is 0. The minimum absolute atomic E-state index is 0.0370. The zero-order valence-electron chi connectivity index (χ0n) is 4.89. The summed E-state index contributed by atoms with van der Waals surface area (Å²) < 4.78 is 5.12. The minimum Gasteiger partial charge on any atom is -0.362 e. The van der Waals surface area contributed by atoms with E-state index in [1.165, 1.54) is 0 Å². The van der Waals surface area contributed by atoms with Gasteiger partial charge in [0.15, 0.2) is 0 Å². The van der Waals surface area contributed by atoms with Crippen LogP contribution in [0.2, 0.25) is 0 Å². The molecule has 3 heteroatoms. The van der Waals surface area contributed by atoms with Crippen LogP contribution in [-0.4, -0.2) is 25.9 Å². The van der Waals surface area contributed by atoms with Crippen molar-refractivity contribution in [2.75, 3.05) is 19.7 Å². The van der Waals surface area contributed by atoms with Gasteiger partial charge >= 0.3 is 0 Å². The van der Waals surface area contributed by atoms with E-state index in [2.05, 4.69) is 5.32 Å². The van der Waals surface area contributed by atoms with E-state index in [1.54, 1.807) is 0 Å². The van der Waals surface area contributed by atoms with Gasteiger partial charge in [-0.2, -0.15) is 0 Å². The Hall–Kier alpha value is -0.120. The molecule has 0 radical (unpaired) electrons. The van der Waals surface area contributed by atoms with Gasteiger partial charge in [-0.3, -0.25) is 0 Å². The van der Waals surface area contributed by atoms with Crippen LogP contribution in [0.5, 0.6) is 0 Å². The van der Waals surface area contributed by atoms with Crippen LogP contribution < -0.4 is 11.1 Å². The van der Waals surface area contributed by atoms with Crippen LogP contribution in [0.15, 0.2) is 0 Å². The van der Waals surface area contributed by atoms with Crippen molar-refractivity contribution in [3.8, 4) is 0 Å². The highest BCUT2D eigenvalue weighted by atomic mass is 16.5. The van der Waals surface area contributed by atoms with Crippen molar-refractivity contribution in [1.82, 2.24) is 5.32 Å². The molecule has 0 bridgehead atoms. The fraction of sp³-hybridized carbons (Fsp3) is 1.00. The second-order valence-corrected chi connectivity index (χ2v) is 1.95. The molecule has 1 fully saturated rings. The lowest BCUT2D eigenvalue weighted by atomic mass is 10.4. The Morgan fingerprint density at radius 1 is 1.50 bits per heavy atom. The SMILES string of the molecule is NC1CCNCCO1. The average molecular weight is 116 g/mol. The molecule has 0 aromatic rings. The van der Waals surface area contributed by atoms with Crippen molar-refractivity contribution in [1.29, 1.82) is 0 Å². The van der Waals surface area contributed by atoms with Crippen molar-refractivity contribution in [2.45, 2.75) is 12.6 Å². The van der Waals surface area contributed by atoms with Gasteiger partial charge in [-0.1, -0.05) is 0 Å². The molecule has 1 aliphatic heterocycles. The highest BCUT2D eigenvalue weighted by molar-refractivity contribution is 4.57. The van der Waals surface area contributed by atoms with E-state index in [0.717, 1.165) is 26.1 Å². The van der Waals surface area contributed by atoms with Crippen molar-refractivity contribution in [3.63, 3.8) is 0 Å². The zero-order valence-corrected chi connectivity index (χ0v) is 4.89. The number of hydrogen-bond acceptors (Lipinski definition) is 3. The molecule has 0 amide bonds. The number of nitrogens with one attached hydrogen (secondary N) is 1. The topological polar surface area (TPSA) is 47.3 Å². The van der Waals surface area contributed by atoms with Crippen molar-refractivity contribution < 1.29 is 4.74 Å². The Kier molecular flexibility index (Phi) is 2.27. The summed E-state index contributed by atoms with van der Waals surface area (Å²) >= 11 is 0. The molecule has 1 heterocycles. The first-order valence-corrected chi connectivity index (χ1v) is 2.97. The van der Waals surface area contributed by atoms with Gasteiger partial charge in [0, 0.05) is 6.54 Å². The Bertz CT molecular complexity index is 59.4. The third kappa shape index (κ3) is 1.78. The summed E-state index contributed by atoms with van der Waals surface area (Å²) in [6, 6.07) is 0. The predicted octanol–water partition coefficient (Wildman–Crippen LogP) is -0.719. The molecule has 3 N–H and O–H groups in total. The first kappa shape index (κ1) is 6.01. The molecule has 0 saturated carbocycles. The Morgan fingerprint density at radius 2 is 2.38 bits per heavy atom. The number of ether oxygens (including phenoxy) is 1. The fourth-order valence-corrected chi connectivity index (χ4v) is 0.735. The van der Waals surface area contributed by atoms with Gasteiger partial charge in [0.1, 0.15) is 6.23 Å². The van der Waals surface area contributed by atoms with Crippen LogP contribution in [0, 0.1) is 0 Å². The summed E-state index contributed by atoms with van der Waals surface area (Å²) in [4.78, 5) is 0. The third-order valence-electron chi connectivity index (χ3n) is 1.22. The van der Waals surface area contributed by atoms with Crippen LogP contribution in [0.4, 0.5) is 0 Å². The summed E-state index contributed by atoms with van der Waals surface area (Å²) in [5, 5.41) is 3.17. The summed E-state index contributed by atoms with van der Waals surface area (Å²) in [7, 11) is 0. The van der Waals surface area contributed by atoms with Crippen LogP contribution in [0.25, 0.3) is 0 Å². The first-order chi connectivity index (χ1) is 3.89. The number of hydrogen-bond donors (Lipinski definition) is 2. The first-order valence-electron chi connectivity index (χ1n) is 2.97. The standard InChI is InChI=1S/C5H12N2O/c6-5-1-2-7-3-4-8-5/h5,7H,1-4,6H2. The molecule has 1 saturated heterocycles. The molecule has 1 aliphatic rings. The molecule has 3 nitrogen and oxygen atoms in total. The lowest BCUT2D eigenvalue weighted by molar-refractivity contribution is 0.0697.